The second-order valence-corrected chi connectivity index (χ2v) is 11.2. The lowest BCUT2D eigenvalue weighted by molar-refractivity contribution is -0.135. The number of ether oxygens (including phenoxy) is 7. The largest absolute Gasteiger partial charge is 0.496 e. The van der Waals surface area contributed by atoms with E-state index in [-0.39, 0.29) is 23.9 Å². The summed E-state index contributed by atoms with van der Waals surface area (Å²) in [6.07, 6.45) is 3.31. The molecule has 4 aromatic rings. The van der Waals surface area contributed by atoms with Gasteiger partial charge in [0.2, 0.25) is 5.78 Å². The second-order valence-electron chi connectivity index (χ2n) is 11.2. The maximum absolute atomic E-state index is 13.7. The predicted octanol–water partition coefficient (Wildman–Crippen LogP) is 6.33. The molecule has 3 aliphatic rings. The number of rotatable bonds is 9. The van der Waals surface area contributed by atoms with E-state index in [0.29, 0.717) is 70.8 Å². The summed E-state index contributed by atoms with van der Waals surface area (Å²) in [4.78, 5) is 26.5. The summed E-state index contributed by atoms with van der Waals surface area (Å²) in [7, 11) is 4.60. The Hall–Kier alpha value is -5.44. The Labute approximate surface area is 266 Å². The minimum atomic E-state index is -0.456. The fraction of sp³-hybridized carbons (Fsp3) is 0.243. The van der Waals surface area contributed by atoms with Crippen molar-refractivity contribution in [3.8, 4) is 40.2 Å². The van der Waals surface area contributed by atoms with Gasteiger partial charge in [0, 0.05) is 41.5 Å². The Kier molecular flexibility index (Phi) is 7.74. The van der Waals surface area contributed by atoms with E-state index in [0.717, 1.165) is 17.7 Å². The van der Waals surface area contributed by atoms with E-state index in [1.165, 1.54) is 32.5 Å². The average molecular weight is 621 g/mol. The number of benzene rings is 4. The Morgan fingerprint density at radius 2 is 1.61 bits per heavy atom. The summed E-state index contributed by atoms with van der Waals surface area (Å²) in [5.74, 6) is 2.75. The van der Waals surface area contributed by atoms with Crippen LogP contribution in [0.4, 0.5) is 0 Å². The highest BCUT2D eigenvalue weighted by molar-refractivity contribution is 6.15. The number of hydrogen-bond donors (Lipinski definition) is 0. The van der Waals surface area contributed by atoms with Crippen molar-refractivity contribution in [2.45, 2.75) is 25.2 Å². The minimum Gasteiger partial charge on any atom is -0.496 e. The lowest BCUT2D eigenvalue weighted by Crippen LogP contribution is -2.22. The second kappa shape index (κ2) is 12.2. The highest BCUT2D eigenvalue weighted by Crippen LogP contribution is 2.50. The van der Waals surface area contributed by atoms with Gasteiger partial charge >= 0.3 is 5.97 Å². The number of Topliss-reactive ketones (excluding diaryl/α,β-unsaturated/α-hetero) is 1. The molecule has 46 heavy (non-hydrogen) atoms. The molecule has 0 saturated carbocycles. The lowest BCUT2D eigenvalue weighted by atomic mass is 9.84. The topological polar surface area (TPSA) is 98.8 Å². The van der Waals surface area contributed by atoms with Crippen LogP contribution >= 0.6 is 0 Å². The monoisotopic (exact) mass is 620 g/mol. The highest BCUT2D eigenvalue weighted by atomic mass is 16.5. The van der Waals surface area contributed by atoms with E-state index in [2.05, 4.69) is 12.1 Å². The van der Waals surface area contributed by atoms with Crippen LogP contribution < -0.4 is 33.2 Å². The zero-order valence-electron chi connectivity index (χ0n) is 25.7. The maximum Gasteiger partial charge on any atom is 0.312 e. The van der Waals surface area contributed by atoms with Gasteiger partial charge in [0.15, 0.2) is 17.3 Å². The first kappa shape index (κ1) is 29.3. The predicted molar refractivity (Wildman–Crippen MR) is 169 cm³/mol. The summed E-state index contributed by atoms with van der Waals surface area (Å²) < 4.78 is 40.3. The van der Waals surface area contributed by atoms with Gasteiger partial charge in [0.25, 0.3) is 0 Å². The van der Waals surface area contributed by atoms with Crippen LogP contribution in [0, 0.1) is 0 Å². The number of hydrogen-bond acceptors (Lipinski definition) is 9. The van der Waals surface area contributed by atoms with Gasteiger partial charge in [-0.05, 0) is 47.5 Å². The number of carbonyl (C=O) groups is 2. The number of methoxy groups -OCH3 is 3. The summed E-state index contributed by atoms with van der Waals surface area (Å²) in [5.41, 5.74) is 4.78. The van der Waals surface area contributed by atoms with E-state index in [1.54, 1.807) is 30.3 Å². The molecule has 1 atom stereocenters. The molecule has 9 heteroatoms. The summed E-state index contributed by atoms with van der Waals surface area (Å²) >= 11 is 0. The van der Waals surface area contributed by atoms with Crippen molar-refractivity contribution in [2.24, 2.45) is 0 Å². The molecule has 0 spiro atoms. The van der Waals surface area contributed by atoms with Gasteiger partial charge < -0.3 is 33.2 Å². The smallest absolute Gasteiger partial charge is 0.312 e. The van der Waals surface area contributed by atoms with Gasteiger partial charge in [-0.3, -0.25) is 9.59 Å². The first-order valence-electron chi connectivity index (χ1n) is 15.1. The Morgan fingerprint density at radius 3 is 2.43 bits per heavy atom. The number of para-hydroxylation sites is 1. The van der Waals surface area contributed by atoms with Crippen LogP contribution in [0.25, 0.3) is 6.08 Å². The Morgan fingerprint density at radius 1 is 0.826 bits per heavy atom. The molecule has 234 valence electrons. The third-order valence-corrected chi connectivity index (χ3v) is 8.50. The number of esters is 1. The first-order chi connectivity index (χ1) is 22.5. The third kappa shape index (κ3) is 5.27. The van der Waals surface area contributed by atoms with E-state index < -0.39 is 5.92 Å². The average Bonchev–Trinajstić information content (AvgIpc) is 3.67. The van der Waals surface area contributed by atoms with Gasteiger partial charge in [0.05, 0.1) is 46.5 Å². The molecular formula is C37H32O9. The van der Waals surface area contributed by atoms with Crippen LogP contribution in [0.5, 0.6) is 40.2 Å². The summed E-state index contributed by atoms with van der Waals surface area (Å²) in [5, 5.41) is 0. The molecule has 0 radical (unpaired) electrons. The van der Waals surface area contributed by atoms with Crippen molar-refractivity contribution in [3.05, 3.63) is 106 Å². The molecule has 0 saturated heterocycles. The summed E-state index contributed by atoms with van der Waals surface area (Å²) in [6.45, 7) is 1.16. The quantitative estimate of drug-likeness (QED) is 0.121. The standard InChI is InChI=1S/C37H32O9/c1-40-30-20-32(42-3)31(41-2)17-23(30)18-33-36(39)25-9-11-29-35(37(25)46-33)26(19-34(38)45-29)24-6-4-5-7-28(24)44-14-12-21-8-10-27-22(16-21)13-15-43-27/h4-11,16-18,20,26H,12-15,19H2,1-3H3/b33-18-. The number of carbonyl (C=O) groups excluding carboxylic acids is 2. The van der Waals surface area contributed by atoms with Crippen LogP contribution in [-0.4, -0.2) is 46.3 Å². The molecular weight excluding hydrogens is 588 g/mol. The molecule has 4 aromatic carbocycles. The lowest BCUT2D eigenvalue weighted by Gasteiger charge is -2.27. The molecule has 0 fully saturated rings. The van der Waals surface area contributed by atoms with Gasteiger partial charge in [-0.25, -0.2) is 0 Å². The SMILES string of the molecule is COc1cc(OC)c(OC)cc1/C=C1\Oc2c(ccc3c2C(c2ccccc2OCCc2ccc4c(c2)CCO4)CC(=O)O3)C1=O. The van der Waals surface area contributed by atoms with E-state index >= 15 is 0 Å². The molecule has 3 heterocycles. The third-order valence-electron chi connectivity index (χ3n) is 8.50. The van der Waals surface area contributed by atoms with Crippen LogP contribution in [0.2, 0.25) is 0 Å². The molecule has 1 unspecified atom stereocenters. The van der Waals surface area contributed by atoms with Crippen molar-refractivity contribution < 1.29 is 42.7 Å². The van der Waals surface area contributed by atoms with Crippen molar-refractivity contribution >= 4 is 17.8 Å². The molecule has 0 aliphatic carbocycles. The minimum absolute atomic E-state index is 0.0642. The molecule has 0 bridgehead atoms. The first-order valence-corrected chi connectivity index (χ1v) is 15.1. The number of ketones is 1. The Bertz CT molecular complexity index is 1890. The van der Waals surface area contributed by atoms with E-state index in [1.807, 2.05) is 30.3 Å². The van der Waals surface area contributed by atoms with Crippen LogP contribution in [0.15, 0.2) is 72.5 Å². The highest BCUT2D eigenvalue weighted by Gasteiger charge is 2.39. The van der Waals surface area contributed by atoms with Crippen LogP contribution in [-0.2, 0) is 17.6 Å². The summed E-state index contributed by atoms with van der Waals surface area (Å²) in [6, 6.07) is 20.6. The van der Waals surface area contributed by atoms with Crippen molar-refractivity contribution in [2.75, 3.05) is 34.5 Å². The maximum atomic E-state index is 13.7. The molecule has 0 aromatic heterocycles. The normalized spacial score (nSPS) is 16.9. The number of fused-ring (bicyclic) bond motifs is 4. The van der Waals surface area contributed by atoms with Crippen molar-refractivity contribution in [1.29, 1.82) is 0 Å². The molecule has 9 nitrogen and oxygen atoms in total. The van der Waals surface area contributed by atoms with Crippen molar-refractivity contribution in [1.82, 2.24) is 0 Å². The molecule has 7 rings (SSSR count). The zero-order valence-corrected chi connectivity index (χ0v) is 25.7. The fourth-order valence-corrected chi connectivity index (χ4v) is 6.25. The van der Waals surface area contributed by atoms with Crippen LogP contribution in [0.3, 0.4) is 0 Å². The zero-order chi connectivity index (χ0) is 31.8. The van der Waals surface area contributed by atoms with Crippen LogP contribution in [0.1, 0.15) is 50.5 Å². The molecule has 3 aliphatic heterocycles. The Balaban J connectivity index is 1.20. The van der Waals surface area contributed by atoms with Gasteiger partial charge in [-0.2, -0.15) is 0 Å². The number of allylic oxidation sites excluding steroid dienone is 1. The molecule has 0 N–H and O–H groups in total. The van der Waals surface area contributed by atoms with Crippen molar-refractivity contribution in [3.63, 3.8) is 0 Å². The fourth-order valence-electron chi connectivity index (χ4n) is 6.25. The molecule has 0 amide bonds. The van der Waals surface area contributed by atoms with Gasteiger partial charge in [0.1, 0.15) is 28.7 Å². The van der Waals surface area contributed by atoms with E-state index in [4.69, 9.17) is 33.2 Å². The van der Waals surface area contributed by atoms with Gasteiger partial charge in [-0.15, -0.1) is 0 Å². The van der Waals surface area contributed by atoms with Gasteiger partial charge in [-0.1, -0.05) is 30.3 Å². The van der Waals surface area contributed by atoms with E-state index in [9.17, 15) is 9.59 Å².